The van der Waals surface area contributed by atoms with E-state index in [9.17, 15) is 19.5 Å². The van der Waals surface area contributed by atoms with Crippen LogP contribution in [0.5, 0.6) is 5.75 Å². The highest BCUT2D eigenvalue weighted by Gasteiger charge is 2.65. The number of rotatable bonds is 4. The summed E-state index contributed by atoms with van der Waals surface area (Å²) < 4.78 is 0. The second-order valence-corrected chi connectivity index (χ2v) is 5.89. The second kappa shape index (κ2) is 4.87. The van der Waals surface area contributed by atoms with Crippen molar-refractivity contribution in [3.63, 3.8) is 0 Å². The summed E-state index contributed by atoms with van der Waals surface area (Å²) in [5.74, 6) is -3.18. The van der Waals surface area contributed by atoms with Crippen LogP contribution in [0.2, 0.25) is 0 Å². The van der Waals surface area contributed by atoms with E-state index in [1.165, 1.54) is 25.1 Å². The molecule has 1 amide bonds. The van der Waals surface area contributed by atoms with Gasteiger partial charge in [0.1, 0.15) is 5.75 Å². The zero-order valence-electron chi connectivity index (χ0n) is 12.0. The number of benzene rings is 1. The number of phenols is 1. The van der Waals surface area contributed by atoms with Crippen LogP contribution in [0.3, 0.4) is 0 Å². The molecule has 0 radical (unpaired) electrons. The van der Waals surface area contributed by atoms with Crippen LogP contribution in [0, 0.1) is 17.3 Å². The first-order chi connectivity index (χ1) is 9.66. The van der Waals surface area contributed by atoms with Crippen molar-refractivity contribution in [2.75, 3.05) is 5.32 Å². The molecule has 1 saturated carbocycles. The minimum absolute atomic E-state index is 0.109. The van der Waals surface area contributed by atoms with Crippen molar-refractivity contribution in [3.8, 4) is 5.75 Å². The molecule has 6 heteroatoms. The van der Waals surface area contributed by atoms with E-state index < -0.39 is 29.1 Å². The molecule has 6 nitrogen and oxygen atoms in total. The van der Waals surface area contributed by atoms with E-state index in [1.807, 2.05) is 0 Å². The number of carboxylic acids is 1. The number of aromatic hydroxyl groups is 1. The monoisotopic (exact) mass is 291 g/mol. The third-order valence-electron chi connectivity index (χ3n) is 4.02. The first-order valence-corrected chi connectivity index (χ1v) is 6.54. The lowest BCUT2D eigenvalue weighted by Crippen LogP contribution is -2.18. The quantitative estimate of drug-likeness (QED) is 0.580. The number of phenolic OH excluding ortho intramolecular Hbond substituents is 1. The van der Waals surface area contributed by atoms with Crippen LogP contribution in [0.4, 0.5) is 5.69 Å². The predicted molar refractivity (Wildman–Crippen MR) is 75.1 cm³/mol. The van der Waals surface area contributed by atoms with Gasteiger partial charge in [-0.2, -0.15) is 0 Å². The minimum atomic E-state index is -0.990. The van der Waals surface area contributed by atoms with Gasteiger partial charge in [0.15, 0.2) is 5.78 Å². The predicted octanol–water partition coefficient (Wildman–Crippen LogP) is 1.89. The maximum atomic E-state index is 12.1. The van der Waals surface area contributed by atoms with E-state index in [-0.39, 0.29) is 17.1 Å². The largest absolute Gasteiger partial charge is 0.507 e. The first-order valence-electron chi connectivity index (χ1n) is 6.54. The summed E-state index contributed by atoms with van der Waals surface area (Å²) in [6, 6.07) is 4.16. The van der Waals surface area contributed by atoms with Gasteiger partial charge < -0.3 is 15.5 Å². The van der Waals surface area contributed by atoms with Gasteiger partial charge in [0.25, 0.3) is 0 Å². The molecule has 1 fully saturated rings. The fraction of sp³-hybridized carbons (Fsp3) is 0.400. The summed E-state index contributed by atoms with van der Waals surface area (Å²) in [7, 11) is 0. The molecule has 0 heterocycles. The lowest BCUT2D eigenvalue weighted by molar-refractivity contribution is -0.140. The molecule has 0 spiro atoms. The Bertz CT molecular complexity index is 635. The molecular weight excluding hydrogens is 274 g/mol. The van der Waals surface area contributed by atoms with Crippen LogP contribution in [-0.2, 0) is 9.59 Å². The fourth-order valence-corrected chi connectivity index (χ4v) is 2.70. The molecule has 0 aliphatic heterocycles. The van der Waals surface area contributed by atoms with Crippen LogP contribution in [0.1, 0.15) is 31.1 Å². The zero-order valence-corrected chi connectivity index (χ0v) is 12.0. The number of anilines is 1. The van der Waals surface area contributed by atoms with Crippen molar-refractivity contribution in [1.82, 2.24) is 0 Å². The highest BCUT2D eigenvalue weighted by atomic mass is 16.4. The summed E-state index contributed by atoms with van der Waals surface area (Å²) in [5.41, 5.74) is -0.122. The number of aliphatic carboxylic acids is 1. The van der Waals surface area contributed by atoms with Crippen molar-refractivity contribution < 1.29 is 24.6 Å². The Morgan fingerprint density at radius 1 is 1.19 bits per heavy atom. The Balaban J connectivity index is 2.17. The van der Waals surface area contributed by atoms with Gasteiger partial charge >= 0.3 is 5.97 Å². The average molecular weight is 291 g/mol. The van der Waals surface area contributed by atoms with Gasteiger partial charge in [-0.1, -0.05) is 13.8 Å². The van der Waals surface area contributed by atoms with Gasteiger partial charge in [-0.25, -0.2) is 0 Å². The highest BCUT2D eigenvalue weighted by Crippen LogP contribution is 2.58. The molecule has 1 aliphatic rings. The minimum Gasteiger partial charge on any atom is -0.507 e. The van der Waals surface area contributed by atoms with Crippen molar-refractivity contribution in [2.24, 2.45) is 17.3 Å². The summed E-state index contributed by atoms with van der Waals surface area (Å²) in [5, 5.41) is 21.2. The van der Waals surface area contributed by atoms with Gasteiger partial charge in [-0.3, -0.25) is 14.4 Å². The van der Waals surface area contributed by atoms with Crippen molar-refractivity contribution in [3.05, 3.63) is 23.8 Å². The van der Waals surface area contributed by atoms with Crippen LogP contribution >= 0.6 is 0 Å². The first kappa shape index (κ1) is 15.0. The van der Waals surface area contributed by atoms with Crippen LogP contribution < -0.4 is 5.32 Å². The van der Waals surface area contributed by atoms with Crippen molar-refractivity contribution >= 4 is 23.3 Å². The molecule has 0 saturated heterocycles. The third kappa shape index (κ3) is 2.61. The topological polar surface area (TPSA) is 104 Å². The molecule has 112 valence electrons. The maximum Gasteiger partial charge on any atom is 0.307 e. The molecule has 0 unspecified atom stereocenters. The molecule has 0 bridgehead atoms. The van der Waals surface area contributed by atoms with Gasteiger partial charge in [0, 0.05) is 5.69 Å². The fourth-order valence-electron chi connectivity index (χ4n) is 2.70. The average Bonchev–Trinajstić information content (AvgIpc) is 2.94. The third-order valence-corrected chi connectivity index (χ3v) is 4.02. The van der Waals surface area contributed by atoms with Crippen LogP contribution in [-0.4, -0.2) is 27.9 Å². The number of Topliss-reactive ketones (excluding diaryl/α,β-unsaturated/α-hetero) is 1. The lowest BCUT2D eigenvalue weighted by atomic mass is 10.1. The Kier molecular flexibility index (Phi) is 3.49. The lowest BCUT2D eigenvalue weighted by Gasteiger charge is -2.08. The van der Waals surface area contributed by atoms with E-state index in [0.717, 1.165) is 0 Å². The number of amides is 1. The molecule has 1 aromatic rings. The SMILES string of the molecule is CC(=O)c1cc(NC(=O)[C@H]2[C@H](C(=O)O)C2(C)C)ccc1O. The Morgan fingerprint density at radius 3 is 2.29 bits per heavy atom. The van der Waals surface area contributed by atoms with Gasteiger partial charge in [0.2, 0.25) is 5.91 Å². The number of carbonyl (C=O) groups excluding carboxylic acids is 2. The molecular formula is C15H17NO5. The van der Waals surface area contributed by atoms with E-state index in [4.69, 9.17) is 5.11 Å². The molecule has 1 aliphatic carbocycles. The Hall–Kier alpha value is -2.37. The van der Waals surface area contributed by atoms with Gasteiger partial charge in [0.05, 0.1) is 17.4 Å². The number of hydrogen-bond donors (Lipinski definition) is 3. The number of carboxylic acid groups (broad SMARTS) is 1. The molecule has 2 atom stereocenters. The summed E-state index contributed by atoms with van der Waals surface area (Å²) in [4.78, 5) is 34.6. The Labute approximate surface area is 121 Å². The molecule has 21 heavy (non-hydrogen) atoms. The summed E-state index contributed by atoms with van der Waals surface area (Å²) >= 11 is 0. The number of carbonyl (C=O) groups is 3. The maximum absolute atomic E-state index is 12.1. The molecule has 2 rings (SSSR count). The number of hydrogen-bond acceptors (Lipinski definition) is 4. The second-order valence-electron chi connectivity index (χ2n) is 5.89. The van der Waals surface area contributed by atoms with Crippen molar-refractivity contribution in [2.45, 2.75) is 20.8 Å². The summed E-state index contributed by atoms with van der Waals surface area (Å²) in [6.07, 6.45) is 0. The Morgan fingerprint density at radius 2 is 1.81 bits per heavy atom. The van der Waals surface area contributed by atoms with E-state index in [0.29, 0.717) is 5.69 Å². The van der Waals surface area contributed by atoms with E-state index >= 15 is 0 Å². The van der Waals surface area contributed by atoms with E-state index in [2.05, 4.69) is 5.32 Å². The standard InChI is InChI=1S/C15H17NO5/c1-7(17)9-6-8(4-5-10(9)18)16-13(19)11-12(14(20)21)15(11,2)3/h4-6,11-12,18H,1-3H3,(H,16,19)(H,20,21)/t11-,12-/m1/s1. The summed E-state index contributed by atoms with van der Waals surface area (Å²) in [6.45, 7) is 4.77. The normalized spacial score (nSPS) is 22.4. The molecule has 3 N–H and O–H groups in total. The molecule has 1 aromatic carbocycles. The smallest absolute Gasteiger partial charge is 0.307 e. The van der Waals surface area contributed by atoms with Gasteiger partial charge in [-0.05, 0) is 30.5 Å². The highest BCUT2D eigenvalue weighted by molar-refractivity contribution is 6.02. The van der Waals surface area contributed by atoms with Crippen LogP contribution in [0.15, 0.2) is 18.2 Å². The zero-order chi connectivity index (χ0) is 15.9. The molecule has 0 aromatic heterocycles. The van der Waals surface area contributed by atoms with E-state index in [1.54, 1.807) is 13.8 Å². The van der Waals surface area contributed by atoms with Crippen LogP contribution in [0.25, 0.3) is 0 Å². The van der Waals surface area contributed by atoms with Gasteiger partial charge in [-0.15, -0.1) is 0 Å². The van der Waals surface area contributed by atoms with Crippen molar-refractivity contribution in [1.29, 1.82) is 0 Å². The number of nitrogens with one attached hydrogen (secondary N) is 1. The number of ketones is 1.